The first-order valence-electron chi connectivity index (χ1n) is 9.42. The highest BCUT2D eigenvalue weighted by molar-refractivity contribution is 7.18. The lowest BCUT2D eigenvalue weighted by Crippen LogP contribution is -2.31. The van der Waals surface area contributed by atoms with Crippen LogP contribution in [0, 0.1) is 0 Å². The normalized spacial score (nSPS) is 20.7. The SMILES string of the molecule is O=C=Cc1sc(N2C(=O)C3=C(CCCC3)C2=O)c(OC2CCCCC2)c1Cl. The molecule has 0 atom stereocenters. The van der Waals surface area contributed by atoms with E-state index in [0.717, 1.165) is 49.9 Å². The molecule has 1 fully saturated rings. The molecule has 1 aromatic heterocycles. The van der Waals surface area contributed by atoms with Crippen molar-refractivity contribution in [3.8, 4) is 5.75 Å². The number of imide groups is 1. The Kier molecular flexibility index (Phi) is 5.22. The monoisotopic (exact) mass is 405 g/mol. The zero-order valence-electron chi connectivity index (χ0n) is 14.9. The molecule has 142 valence electrons. The summed E-state index contributed by atoms with van der Waals surface area (Å²) < 4.78 is 6.17. The number of hydrogen-bond donors (Lipinski definition) is 0. The van der Waals surface area contributed by atoms with Gasteiger partial charge in [0.15, 0.2) is 10.8 Å². The largest absolute Gasteiger partial charge is 0.486 e. The molecule has 1 saturated carbocycles. The van der Waals surface area contributed by atoms with Crippen LogP contribution < -0.4 is 9.64 Å². The highest BCUT2D eigenvalue weighted by Crippen LogP contribution is 2.50. The lowest BCUT2D eigenvalue weighted by molar-refractivity contribution is -0.120. The number of thiophene rings is 1. The first-order valence-corrected chi connectivity index (χ1v) is 10.6. The maximum Gasteiger partial charge on any atom is 0.262 e. The van der Waals surface area contributed by atoms with Gasteiger partial charge in [-0.25, -0.2) is 9.69 Å². The molecule has 3 aliphatic rings. The Bertz CT molecular complexity index is 847. The summed E-state index contributed by atoms with van der Waals surface area (Å²) in [6.45, 7) is 0. The predicted octanol–water partition coefficient (Wildman–Crippen LogP) is 4.70. The van der Waals surface area contributed by atoms with Crippen LogP contribution >= 0.6 is 22.9 Å². The van der Waals surface area contributed by atoms with Crippen LogP contribution in [0.1, 0.15) is 62.7 Å². The summed E-state index contributed by atoms with van der Waals surface area (Å²) in [5.74, 6) is 1.52. The standard InChI is InChI=1S/C20H20ClNO4S/c21-16-15(10-11-23)27-20(17(16)26-12-6-2-1-3-7-12)22-18(24)13-8-4-5-9-14(13)19(22)25/h10,12H,1-9H2. The van der Waals surface area contributed by atoms with E-state index in [1.807, 2.05) is 0 Å². The fourth-order valence-corrected chi connectivity index (χ4v) is 5.43. The van der Waals surface area contributed by atoms with Crippen LogP contribution in [0.2, 0.25) is 5.02 Å². The van der Waals surface area contributed by atoms with Gasteiger partial charge in [0.25, 0.3) is 11.8 Å². The molecule has 0 aromatic carbocycles. The second kappa shape index (κ2) is 7.63. The smallest absolute Gasteiger partial charge is 0.262 e. The van der Waals surface area contributed by atoms with Crippen LogP contribution in [-0.2, 0) is 14.4 Å². The van der Waals surface area contributed by atoms with E-state index >= 15 is 0 Å². The number of ether oxygens (including phenoxy) is 1. The van der Waals surface area contributed by atoms with Gasteiger partial charge in [-0.2, -0.15) is 0 Å². The number of carbonyl (C=O) groups excluding carboxylic acids is 3. The van der Waals surface area contributed by atoms with E-state index in [1.165, 1.54) is 17.4 Å². The Morgan fingerprint density at radius 1 is 1.04 bits per heavy atom. The van der Waals surface area contributed by atoms with Gasteiger partial charge in [0.2, 0.25) is 0 Å². The number of halogens is 1. The summed E-state index contributed by atoms with van der Waals surface area (Å²) in [5, 5.41) is 0.658. The topological polar surface area (TPSA) is 63.7 Å². The third-order valence-electron chi connectivity index (χ3n) is 5.44. The number of anilines is 1. The maximum atomic E-state index is 12.9. The van der Waals surface area contributed by atoms with E-state index in [4.69, 9.17) is 16.3 Å². The van der Waals surface area contributed by atoms with E-state index < -0.39 is 0 Å². The molecule has 2 aliphatic carbocycles. The molecule has 0 bridgehead atoms. The molecule has 0 N–H and O–H groups in total. The van der Waals surface area contributed by atoms with Gasteiger partial charge >= 0.3 is 0 Å². The quantitative estimate of drug-likeness (QED) is 0.538. The van der Waals surface area contributed by atoms with Gasteiger partial charge in [-0.3, -0.25) is 9.59 Å². The molecule has 1 aliphatic heterocycles. The molecular formula is C20H20ClNO4S. The van der Waals surface area contributed by atoms with Crippen molar-refractivity contribution in [2.24, 2.45) is 0 Å². The van der Waals surface area contributed by atoms with Gasteiger partial charge in [0.05, 0.1) is 11.0 Å². The van der Waals surface area contributed by atoms with Gasteiger partial charge in [0.1, 0.15) is 11.0 Å². The van der Waals surface area contributed by atoms with E-state index in [0.29, 0.717) is 39.6 Å². The first-order chi connectivity index (χ1) is 13.1. The minimum atomic E-state index is -0.275. The fraction of sp³-hybridized carbons (Fsp3) is 0.500. The Balaban J connectivity index is 1.73. The van der Waals surface area contributed by atoms with Crippen LogP contribution in [-0.4, -0.2) is 23.9 Å². The van der Waals surface area contributed by atoms with Crippen molar-refractivity contribution in [3.05, 3.63) is 21.0 Å². The van der Waals surface area contributed by atoms with Crippen molar-refractivity contribution in [2.45, 2.75) is 63.9 Å². The zero-order valence-corrected chi connectivity index (χ0v) is 16.5. The van der Waals surface area contributed by atoms with Crippen LogP contribution in [0.15, 0.2) is 11.1 Å². The van der Waals surface area contributed by atoms with Crippen molar-refractivity contribution in [2.75, 3.05) is 4.90 Å². The highest BCUT2D eigenvalue weighted by atomic mass is 35.5. The zero-order chi connectivity index (χ0) is 19.0. The number of carbonyl (C=O) groups is 2. The third kappa shape index (κ3) is 3.27. The fourth-order valence-electron chi connectivity index (χ4n) is 4.07. The number of nitrogens with zero attached hydrogens (tertiary/aromatic N) is 1. The molecule has 0 saturated heterocycles. The lowest BCUT2D eigenvalue weighted by atomic mass is 9.93. The van der Waals surface area contributed by atoms with E-state index in [1.54, 1.807) is 5.94 Å². The van der Waals surface area contributed by atoms with Gasteiger partial charge < -0.3 is 4.74 Å². The second-order valence-corrected chi connectivity index (χ2v) is 8.57. The average molecular weight is 406 g/mol. The van der Waals surface area contributed by atoms with E-state index in [-0.39, 0.29) is 22.9 Å². The van der Waals surface area contributed by atoms with Crippen LogP contribution in [0.25, 0.3) is 6.08 Å². The molecule has 27 heavy (non-hydrogen) atoms. The van der Waals surface area contributed by atoms with Gasteiger partial charge in [-0.15, -0.1) is 11.3 Å². The number of amides is 2. The van der Waals surface area contributed by atoms with Crippen LogP contribution in [0.5, 0.6) is 5.75 Å². The van der Waals surface area contributed by atoms with Crippen LogP contribution in [0.4, 0.5) is 5.00 Å². The van der Waals surface area contributed by atoms with Crippen molar-refractivity contribution in [3.63, 3.8) is 0 Å². The average Bonchev–Trinajstić information content (AvgIpc) is 3.12. The molecule has 2 heterocycles. The summed E-state index contributed by atoms with van der Waals surface area (Å²) in [5.41, 5.74) is 1.23. The molecule has 1 aromatic rings. The summed E-state index contributed by atoms with van der Waals surface area (Å²) in [4.78, 5) is 38.4. The number of hydrogen-bond acceptors (Lipinski definition) is 5. The molecular weight excluding hydrogens is 386 g/mol. The van der Waals surface area contributed by atoms with Gasteiger partial charge in [-0.1, -0.05) is 18.0 Å². The molecule has 4 rings (SSSR count). The summed E-state index contributed by atoms with van der Waals surface area (Å²) in [7, 11) is 0. The first kappa shape index (κ1) is 18.5. The minimum Gasteiger partial charge on any atom is -0.486 e. The predicted molar refractivity (Wildman–Crippen MR) is 105 cm³/mol. The number of rotatable bonds is 4. The van der Waals surface area contributed by atoms with E-state index in [9.17, 15) is 14.4 Å². The van der Waals surface area contributed by atoms with Crippen molar-refractivity contribution in [1.29, 1.82) is 0 Å². The Labute approximate surface area is 166 Å². The van der Waals surface area contributed by atoms with Gasteiger partial charge in [0, 0.05) is 17.2 Å². The molecule has 7 heteroatoms. The van der Waals surface area contributed by atoms with E-state index in [2.05, 4.69) is 0 Å². The summed E-state index contributed by atoms with van der Waals surface area (Å²) in [6.07, 6.45) is 9.52. The maximum absolute atomic E-state index is 12.9. The highest BCUT2D eigenvalue weighted by Gasteiger charge is 2.42. The molecule has 0 unspecified atom stereocenters. The lowest BCUT2D eigenvalue weighted by Gasteiger charge is -2.24. The van der Waals surface area contributed by atoms with Crippen molar-refractivity contribution >= 4 is 51.8 Å². The van der Waals surface area contributed by atoms with Crippen molar-refractivity contribution < 1.29 is 19.1 Å². The third-order valence-corrected chi connectivity index (χ3v) is 7.03. The molecule has 0 spiro atoms. The summed E-state index contributed by atoms with van der Waals surface area (Å²) >= 11 is 7.60. The molecule has 2 amide bonds. The Morgan fingerprint density at radius 3 is 2.26 bits per heavy atom. The molecule has 0 radical (unpaired) electrons. The summed E-state index contributed by atoms with van der Waals surface area (Å²) in [6, 6.07) is 0. The van der Waals surface area contributed by atoms with Gasteiger partial charge in [-0.05, 0) is 51.4 Å². The Hall–Kier alpha value is -1.88. The van der Waals surface area contributed by atoms with Crippen LogP contribution in [0.3, 0.4) is 0 Å². The van der Waals surface area contributed by atoms with Crippen molar-refractivity contribution in [1.82, 2.24) is 0 Å². The second-order valence-electron chi connectivity index (χ2n) is 7.16. The molecule has 5 nitrogen and oxygen atoms in total. The Morgan fingerprint density at radius 2 is 1.67 bits per heavy atom. The minimum absolute atomic E-state index is 0.00746.